The normalized spacial score (nSPS) is 9.85. The van der Waals surface area contributed by atoms with Crippen LogP contribution in [0.4, 0.5) is 0 Å². The van der Waals surface area contributed by atoms with Gasteiger partial charge in [0.2, 0.25) is 0 Å². The Morgan fingerprint density at radius 1 is 1.46 bits per heavy atom. The van der Waals surface area contributed by atoms with Gasteiger partial charge in [0, 0.05) is 6.21 Å². The Balaban J connectivity index is 2.55. The lowest BCUT2D eigenvalue weighted by atomic mass is 10.2. The Morgan fingerprint density at radius 2 is 2.15 bits per heavy atom. The molecule has 3 nitrogen and oxygen atoms in total. The maximum atomic E-state index is 8.54. The molecular formula is C10H10N2O. The second-order valence-electron chi connectivity index (χ2n) is 2.45. The Hall–Kier alpha value is -1.82. The SMILES string of the molecule is CC=NOCc1ccc(C#N)cc1. The highest BCUT2D eigenvalue weighted by molar-refractivity contribution is 5.52. The van der Waals surface area contributed by atoms with Crippen LogP contribution in [0.25, 0.3) is 0 Å². The zero-order chi connectivity index (χ0) is 9.52. The number of oxime groups is 1. The minimum Gasteiger partial charge on any atom is -0.391 e. The molecule has 0 amide bonds. The van der Waals surface area contributed by atoms with Gasteiger partial charge in [-0.15, -0.1) is 0 Å². The van der Waals surface area contributed by atoms with Crippen molar-refractivity contribution in [3.05, 3.63) is 35.4 Å². The number of rotatable bonds is 3. The average molecular weight is 174 g/mol. The van der Waals surface area contributed by atoms with Crippen LogP contribution in [0.1, 0.15) is 18.1 Å². The number of hydrogen-bond donors (Lipinski definition) is 0. The fourth-order valence-corrected chi connectivity index (χ4v) is 0.862. The van der Waals surface area contributed by atoms with Crippen LogP contribution < -0.4 is 0 Å². The van der Waals surface area contributed by atoms with Crippen LogP contribution in [0, 0.1) is 11.3 Å². The summed E-state index contributed by atoms with van der Waals surface area (Å²) in [6.45, 7) is 2.23. The van der Waals surface area contributed by atoms with E-state index in [9.17, 15) is 0 Å². The highest BCUT2D eigenvalue weighted by atomic mass is 16.6. The lowest BCUT2D eigenvalue weighted by Crippen LogP contribution is -1.86. The number of benzene rings is 1. The first-order valence-electron chi connectivity index (χ1n) is 3.96. The third-order valence-corrected chi connectivity index (χ3v) is 1.49. The second kappa shape index (κ2) is 4.94. The van der Waals surface area contributed by atoms with Crippen LogP contribution in [0.5, 0.6) is 0 Å². The van der Waals surface area contributed by atoms with Gasteiger partial charge in [0.15, 0.2) is 0 Å². The van der Waals surface area contributed by atoms with Crippen molar-refractivity contribution in [3.63, 3.8) is 0 Å². The third kappa shape index (κ3) is 2.96. The van der Waals surface area contributed by atoms with Crippen molar-refractivity contribution in [1.29, 1.82) is 5.26 Å². The molecule has 0 aromatic heterocycles. The zero-order valence-electron chi connectivity index (χ0n) is 7.40. The molecule has 1 aromatic carbocycles. The second-order valence-corrected chi connectivity index (χ2v) is 2.45. The van der Waals surface area contributed by atoms with Gasteiger partial charge in [-0.25, -0.2) is 0 Å². The summed E-state index contributed by atoms with van der Waals surface area (Å²) in [5.74, 6) is 0. The van der Waals surface area contributed by atoms with Crippen LogP contribution in [0.15, 0.2) is 29.4 Å². The van der Waals surface area contributed by atoms with E-state index < -0.39 is 0 Å². The van der Waals surface area contributed by atoms with Gasteiger partial charge in [0.1, 0.15) is 6.61 Å². The van der Waals surface area contributed by atoms with E-state index in [0.717, 1.165) is 5.56 Å². The maximum absolute atomic E-state index is 8.54. The van der Waals surface area contributed by atoms with Crippen molar-refractivity contribution in [2.75, 3.05) is 0 Å². The zero-order valence-corrected chi connectivity index (χ0v) is 7.40. The molecule has 0 bridgehead atoms. The van der Waals surface area contributed by atoms with Gasteiger partial charge in [-0.1, -0.05) is 17.3 Å². The molecule has 1 aromatic rings. The maximum Gasteiger partial charge on any atom is 0.142 e. The van der Waals surface area contributed by atoms with E-state index in [2.05, 4.69) is 11.2 Å². The summed E-state index contributed by atoms with van der Waals surface area (Å²) >= 11 is 0. The summed E-state index contributed by atoms with van der Waals surface area (Å²) < 4.78 is 0. The standard InChI is InChI=1S/C10H10N2O/c1-2-12-13-8-10-5-3-9(7-11)4-6-10/h2-6H,8H2,1H3. The monoisotopic (exact) mass is 174 g/mol. The molecule has 0 spiro atoms. The number of nitrogens with zero attached hydrogens (tertiary/aromatic N) is 2. The summed E-state index contributed by atoms with van der Waals surface area (Å²) in [6.07, 6.45) is 1.59. The fourth-order valence-electron chi connectivity index (χ4n) is 0.862. The van der Waals surface area contributed by atoms with E-state index in [1.165, 1.54) is 0 Å². The van der Waals surface area contributed by atoms with Gasteiger partial charge in [-0.3, -0.25) is 0 Å². The lowest BCUT2D eigenvalue weighted by molar-refractivity contribution is 0.132. The Bertz CT molecular complexity index is 322. The number of hydrogen-bond acceptors (Lipinski definition) is 3. The molecule has 0 unspecified atom stereocenters. The number of nitriles is 1. The van der Waals surface area contributed by atoms with Crippen molar-refractivity contribution in [1.82, 2.24) is 0 Å². The summed E-state index contributed by atoms with van der Waals surface area (Å²) in [7, 11) is 0. The van der Waals surface area contributed by atoms with Gasteiger partial charge in [-0.2, -0.15) is 5.26 Å². The molecular weight excluding hydrogens is 164 g/mol. The van der Waals surface area contributed by atoms with Gasteiger partial charge >= 0.3 is 0 Å². The highest BCUT2D eigenvalue weighted by Crippen LogP contribution is 2.04. The molecule has 0 radical (unpaired) electrons. The minimum absolute atomic E-state index is 0.441. The Kier molecular flexibility index (Phi) is 3.52. The smallest absolute Gasteiger partial charge is 0.142 e. The quantitative estimate of drug-likeness (QED) is 0.520. The van der Waals surface area contributed by atoms with E-state index in [1.54, 1.807) is 25.3 Å². The topological polar surface area (TPSA) is 45.4 Å². The lowest BCUT2D eigenvalue weighted by Gasteiger charge is -1.98. The largest absolute Gasteiger partial charge is 0.391 e. The minimum atomic E-state index is 0.441. The molecule has 3 heteroatoms. The molecule has 1 rings (SSSR count). The summed E-state index contributed by atoms with van der Waals surface area (Å²) in [4.78, 5) is 4.93. The first kappa shape index (κ1) is 9.27. The molecule has 0 heterocycles. The summed E-state index contributed by atoms with van der Waals surface area (Å²) in [5, 5.41) is 12.2. The molecule has 13 heavy (non-hydrogen) atoms. The Labute approximate surface area is 77.2 Å². The first-order valence-corrected chi connectivity index (χ1v) is 3.96. The van der Waals surface area contributed by atoms with Crippen molar-refractivity contribution in [3.8, 4) is 6.07 Å². The molecule has 0 N–H and O–H groups in total. The average Bonchev–Trinajstić information content (AvgIpc) is 2.19. The molecule has 0 aliphatic carbocycles. The highest BCUT2D eigenvalue weighted by Gasteiger charge is 1.92. The molecule has 66 valence electrons. The summed E-state index contributed by atoms with van der Waals surface area (Å²) in [5.41, 5.74) is 1.66. The van der Waals surface area contributed by atoms with Crippen LogP contribution in [0.3, 0.4) is 0 Å². The van der Waals surface area contributed by atoms with Gasteiger partial charge in [-0.05, 0) is 24.6 Å². The molecule has 0 fully saturated rings. The first-order chi connectivity index (χ1) is 6.36. The third-order valence-electron chi connectivity index (χ3n) is 1.49. The van der Waals surface area contributed by atoms with E-state index in [-0.39, 0.29) is 0 Å². The van der Waals surface area contributed by atoms with E-state index in [0.29, 0.717) is 12.2 Å². The van der Waals surface area contributed by atoms with E-state index >= 15 is 0 Å². The van der Waals surface area contributed by atoms with Crippen molar-refractivity contribution >= 4 is 6.21 Å². The fraction of sp³-hybridized carbons (Fsp3) is 0.200. The Morgan fingerprint density at radius 3 is 2.69 bits per heavy atom. The predicted molar refractivity (Wildman–Crippen MR) is 50.1 cm³/mol. The van der Waals surface area contributed by atoms with E-state index in [4.69, 9.17) is 10.1 Å². The van der Waals surface area contributed by atoms with Crippen LogP contribution in [-0.2, 0) is 11.4 Å². The van der Waals surface area contributed by atoms with Crippen LogP contribution in [0.2, 0.25) is 0 Å². The van der Waals surface area contributed by atoms with E-state index in [1.807, 2.05) is 12.1 Å². The van der Waals surface area contributed by atoms with Gasteiger partial charge in [0.25, 0.3) is 0 Å². The molecule has 0 aliphatic rings. The van der Waals surface area contributed by atoms with Crippen LogP contribution in [-0.4, -0.2) is 6.21 Å². The van der Waals surface area contributed by atoms with Crippen molar-refractivity contribution in [2.45, 2.75) is 13.5 Å². The molecule has 0 aliphatic heterocycles. The predicted octanol–water partition coefficient (Wildman–Crippen LogP) is 2.08. The molecule has 0 atom stereocenters. The van der Waals surface area contributed by atoms with Crippen molar-refractivity contribution < 1.29 is 4.84 Å². The van der Waals surface area contributed by atoms with Gasteiger partial charge in [0.05, 0.1) is 11.6 Å². The summed E-state index contributed by atoms with van der Waals surface area (Å²) in [6, 6.07) is 9.27. The van der Waals surface area contributed by atoms with Crippen LogP contribution >= 0.6 is 0 Å². The molecule has 0 saturated carbocycles. The molecule has 0 saturated heterocycles. The van der Waals surface area contributed by atoms with Gasteiger partial charge < -0.3 is 4.84 Å². The van der Waals surface area contributed by atoms with Crippen molar-refractivity contribution in [2.24, 2.45) is 5.16 Å².